The second-order valence-electron chi connectivity index (χ2n) is 7.07. The zero-order chi connectivity index (χ0) is 21.5. The largest absolute Gasteiger partial charge is 0.305 e. The van der Waals surface area contributed by atoms with Crippen LogP contribution in [0.5, 0.6) is 0 Å². The van der Waals surface area contributed by atoms with E-state index < -0.39 is 23.4 Å². The van der Waals surface area contributed by atoms with E-state index in [0.29, 0.717) is 29.9 Å². The molecule has 1 amide bonds. The van der Waals surface area contributed by atoms with Gasteiger partial charge in [-0.2, -0.15) is 0 Å². The molecule has 31 heavy (non-hydrogen) atoms. The van der Waals surface area contributed by atoms with Gasteiger partial charge >= 0.3 is 0 Å². The van der Waals surface area contributed by atoms with E-state index >= 15 is 0 Å². The van der Waals surface area contributed by atoms with Crippen molar-refractivity contribution in [2.75, 3.05) is 11.4 Å². The van der Waals surface area contributed by atoms with Gasteiger partial charge in [-0.25, -0.2) is 22.8 Å². The second kappa shape index (κ2) is 7.66. The van der Waals surface area contributed by atoms with E-state index in [4.69, 9.17) is 0 Å². The van der Waals surface area contributed by atoms with Crippen molar-refractivity contribution >= 4 is 22.9 Å². The SMILES string of the molecule is O=C(c1nc(-c2cccs2)n(-c2cccc(F)c2)n1)N1CCCc2c(F)cc(F)cc21. The molecule has 3 heterocycles. The van der Waals surface area contributed by atoms with E-state index in [1.807, 2.05) is 17.5 Å². The summed E-state index contributed by atoms with van der Waals surface area (Å²) in [5.74, 6) is -2.21. The number of amides is 1. The number of thiophene rings is 1. The minimum Gasteiger partial charge on any atom is -0.305 e. The monoisotopic (exact) mass is 440 g/mol. The van der Waals surface area contributed by atoms with Gasteiger partial charge in [-0.1, -0.05) is 12.1 Å². The molecule has 1 aliphatic rings. The van der Waals surface area contributed by atoms with Crippen LogP contribution in [0.1, 0.15) is 22.6 Å². The molecule has 0 N–H and O–H groups in total. The van der Waals surface area contributed by atoms with Crippen LogP contribution in [-0.4, -0.2) is 27.2 Å². The third-order valence-electron chi connectivity index (χ3n) is 5.07. The van der Waals surface area contributed by atoms with E-state index in [0.717, 1.165) is 17.0 Å². The van der Waals surface area contributed by atoms with E-state index in [1.165, 1.54) is 33.1 Å². The van der Waals surface area contributed by atoms with Crippen molar-refractivity contribution in [3.8, 4) is 16.4 Å². The lowest BCUT2D eigenvalue weighted by Gasteiger charge is -2.28. The lowest BCUT2D eigenvalue weighted by atomic mass is 10.0. The van der Waals surface area contributed by atoms with Crippen molar-refractivity contribution in [3.05, 3.63) is 82.8 Å². The topological polar surface area (TPSA) is 51.0 Å². The Kier molecular flexibility index (Phi) is 4.82. The first-order chi connectivity index (χ1) is 15.0. The fraction of sp³-hybridized carbons (Fsp3) is 0.136. The van der Waals surface area contributed by atoms with Crippen LogP contribution in [0.3, 0.4) is 0 Å². The van der Waals surface area contributed by atoms with Gasteiger partial charge in [-0.05, 0) is 48.6 Å². The van der Waals surface area contributed by atoms with Crippen molar-refractivity contribution in [1.82, 2.24) is 14.8 Å². The summed E-state index contributed by atoms with van der Waals surface area (Å²) in [6.07, 6.45) is 0.945. The maximum absolute atomic E-state index is 14.2. The number of carbonyl (C=O) groups excluding carboxylic acids is 1. The molecule has 9 heteroatoms. The number of halogens is 3. The molecule has 2 aromatic heterocycles. The number of hydrogen-bond donors (Lipinski definition) is 0. The smallest absolute Gasteiger partial charge is 0.297 e. The van der Waals surface area contributed by atoms with Gasteiger partial charge in [-0.3, -0.25) is 4.79 Å². The third-order valence-corrected chi connectivity index (χ3v) is 5.94. The molecule has 5 rings (SSSR count). The molecule has 156 valence electrons. The first-order valence-corrected chi connectivity index (χ1v) is 10.5. The van der Waals surface area contributed by atoms with Crippen LogP contribution >= 0.6 is 11.3 Å². The number of carbonyl (C=O) groups is 1. The quantitative estimate of drug-likeness (QED) is 0.450. The summed E-state index contributed by atoms with van der Waals surface area (Å²) >= 11 is 1.40. The summed E-state index contributed by atoms with van der Waals surface area (Å²) in [5, 5.41) is 6.19. The van der Waals surface area contributed by atoms with Crippen LogP contribution < -0.4 is 4.90 Å². The van der Waals surface area contributed by atoms with E-state index in [9.17, 15) is 18.0 Å². The van der Waals surface area contributed by atoms with Crippen molar-refractivity contribution in [1.29, 1.82) is 0 Å². The Labute approximate surface area is 179 Å². The van der Waals surface area contributed by atoms with Crippen molar-refractivity contribution in [2.45, 2.75) is 12.8 Å². The predicted molar refractivity (Wildman–Crippen MR) is 111 cm³/mol. The molecule has 0 aliphatic carbocycles. The molecule has 2 aromatic carbocycles. The van der Waals surface area contributed by atoms with Crippen molar-refractivity contribution in [3.63, 3.8) is 0 Å². The van der Waals surface area contributed by atoms with Gasteiger partial charge in [-0.15, -0.1) is 16.4 Å². The van der Waals surface area contributed by atoms with Crippen LogP contribution in [-0.2, 0) is 6.42 Å². The summed E-state index contributed by atoms with van der Waals surface area (Å²) in [6, 6.07) is 11.4. The Hall–Kier alpha value is -3.46. The third kappa shape index (κ3) is 3.50. The molecule has 0 unspecified atom stereocenters. The molecular formula is C22H15F3N4OS. The molecule has 0 saturated heterocycles. The Morgan fingerprint density at radius 3 is 2.68 bits per heavy atom. The lowest BCUT2D eigenvalue weighted by molar-refractivity contribution is 0.0975. The van der Waals surface area contributed by atoms with Crippen LogP contribution in [0.15, 0.2) is 53.9 Å². The number of aromatic nitrogens is 3. The molecule has 0 spiro atoms. The van der Waals surface area contributed by atoms with E-state index in [2.05, 4.69) is 10.1 Å². The fourth-order valence-electron chi connectivity index (χ4n) is 3.70. The first kappa shape index (κ1) is 19.5. The molecule has 0 saturated carbocycles. The Morgan fingerprint density at radius 1 is 1.03 bits per heavy atom. The number of rotatable bonds is 3. The maximum atomic E-state index is 14.2. The predicted octanol–water partition coefficient (Wildman–Crippen LogP) is 5.01. The van der Waals surface area contributed by atoms with Gasteiger partial charge in [0.15, 0.2) is 5.82 Å². The van der Waals surface area contributed by atoms with Crippen LogP contribution in [0, 0.1) is 17.5 Å². The second-order valence-corrected chi connectivity index (χ2v) is 8.02. The molecule has 0 fully saturated rings. The van der Waals surface area contributed by atoms with Crippen LogP contribution in [0.25, 0.3) is 16.4 Å². The van der Waals surface area contributed by atoms with Gasteiger partial charge in [0, 0.05) is 18.2 Å². The average molecular weight is 440 g/mol. The summed E-state index contributed by atoms with van der Waals surface area (Å²) in [6.45, 7) is 0.289. The van der Waals surface area contributed by atoms with Crippen LogP contribution in [0.4, 0.5) is 18.9 Å². The van der Waals surface area contributed by atoms with Gasteiger partial charge in [0.05, 0.1) is 16.3 Å². The lowest BCUT2D eigenvalue weighted by Crippen LogP contribution is -2.36. The van der Waals surface area contributed by atoms with Gasteiger partial charge in [0.2, 0.25) is 5.82 Å². The Bertz CT molecular complexity index is 1290. The summed E-state index contributed by atoms with van der Waals surface area (Å²) in [5.41, 5.74) is 0.892. The maximum Gasteiger partial charge on any atom is 0.297 e. The molecule has 1 aliphatic heterocycles. The van der Waals surface area contributed by atoms with E-state index in [-0.39, 0.29) is 18.1 Å². The van der Waals surface area contributed by atoms with Crippen molar-refractivity contribution < 1.29 is 18.0 Å². The molecule has 0 atom stereocenters. The highest BCUT2D eigenvalue weighted by molar-refractivity contribution is 7.13. The number of anilines is 1. The molecule has 0 bridgehead atoms. The highest BCUT2D eigenvalue weighted by Crippen LogP contribution is 2.32. The standard InChI is InChI=1S/C22H15F3N4OS/c23-13-4-1-5-15(10-13)29-21(19-7-3-9-31-19)26-20(27-29)22(30)28-8-2-6-16-17(25)11-14(24)12-18(16)28/h1,3-5,7,9-12H,2,6,8H2. The Morgan fingerprint density at radius 2 is 1.90 bits per heavy atom. The summed E-state index contributed by atoms with van der Waals surface area (Å²) < 4.78 is 43.3. The molecule has 4 aromatic rings. The number of hydrogen-bond acceptors (Lipinski definition) is 4. The number of benzene rings is 2. The van der Waals surface area contributed by atoms with Gasteiger partial charge < -0.3 is 4.90 Å². The Balaban J connectivity index is 1.61. The number of nitrogens with zero attached hydrogens (tertiary/aromatic N) is 4. The first-order valence-electron chi connectivity index (χ1n) is 9.58. The molecule has 5 nitrogen and oxygen atoms in total. The zero-order valence-corrected chi connectivity index (χ0v) is 16.9. The normalized spacial score (nSPS) is 13.3. The zero-order valence-electron chi connectivity index (χ0n) is 16.1. The van der Waals surface area contributed by atoms with Gasteiger partial charge in [0.1, 0.15) is 17.5 Å². The minimum absolute atomic E-state index is 0.134. The molecular weight excluding hydrogens is 425 g/mol. The average Bonchev–Trinajstić information content (AvgIpc) is 3.43. The van der Waals surface area contributed by atoms with E-state index in [1.54, 1.807) is 12.1 Å². The highest BCUT2D eigenvalue weighted by atomic mass is 32.1. The molecule has 0 radical (unpaired) electrons. The fourth-order valence-corrected chi connectivity index (χ4v) is 4.40. The van der Waals surface area contributed by atoms with Crippen molar-refractivity contribution in [2.24, 2.45) is 0 Å². The number of fused-ring (bicyclic) bond motifs is 1. The highest BCUT2D eigenvalue weighted by Gasteiger charge is 2.30. The summed E-state index contributed by atoms with van der Waals surface area (Å²) in [4.78, 5) is 19.7. The minimum atomic E-state index is -0.756. The van der Waals surface area contributed by atoms with Crippen LogP contribution in [0.2, 0.25) is 0 Å². The van der Waals surface area contributed by atoms with Gasteiger partial charge in [0.25, 0.3) is 5.91 Å². The summed E-state index contributed by atoms with van der Waals surface area (Å²) in [7, 11) is 0.